The quantitative estimate of drug-likeness (QED) is 0.753. The van der Waals surface area contributed by atoms with E-state index in [2.05, 4.69) is 43.8 Å². The summed E-state index contributed by atoms with van der Waals surface area (Å²) in [7, 11) is -1.72. The molecule has 0 aliphatic rings. The third kappa shape index (κ3) is 5.82. The maximum Gasteiger partial charge on any atom is 0.191 e. The van der Waals surface area contributed by atoms with E-state index in [0.29, 0.717) is 12.4 Å². The Morgan fingerprint density at radius 1 is 1.33 bits per heavy atom. The van der Waals surface area contributed by atoms with Crippen LogP contribution >= 0.6 is 0 Å². The molecular formula is C15H28N2O3Si. The molecule has 0 aromatic carbocycles. The van der Waals surface area contributed by atoms with Crippen LogP contribution in [0.3, 0.4) is 0 Å². The van der Waals surface area contributed by atoms with Crippen LogP contribution in [0.5, 0.6) is 0 Å². The first-order chi connectivity index (χ1) is 9.65. The number of hydrogen-bond acceptors (Lipinski definition) is 5. The molecule has 0 spiro atoms. The van der Waals surface area contributed by atoms with Crippen molar-refractivity contribution >= 4 is 8.32 Å². The van der Waals surface area contributed by atoms with Gasteiger partial charge in [0.05, 0.1) is 12.7 Å². The average molecular weight is 312 g/mol. The summed E-state index contributed by atoms with van der Waals surface area (Å²) < 4.78 is 6.13. The number of aliphatic hydroxyl groups is 2. The molecule has 0 radical (unpaired) electrons. The van der Waals surface area contributed by atoms with E-state index in [4.69, 9.17) is 9.53 Å². The molecule has 0 aliphatic carbocycles. The van der Waals surface area contributed by atoms with Crippen LogP contribution in [-0.2, 0) is 17.3 Å². The maximum atomic E-state index is 9.43. The Hall–Kier alpha value is -0.823. The van der Waals surface area contributed by atoms with Crippen molar-refractivity contribution in [1.82, 2.24) is 9.97 Å². The van der Waals surface area contributed by atoms with Crippen molar-refractivity contribution in [2.45, 2.75) is 57.8 Å². The minimum absolute atomic E-state index is 0.203. The van der Waals surface area contributed by atoms with Crippen molar-refractivity contribution in [2.75, 3.05) is 13.2 Å². The van der Waals surface area contributed by atoms with Gasteiger partial charge < -0.3 is 14.6 Å². The van der Waals surface area contributed by atoms with Gasteiger partial charge in [-0.1, -0.05) is 20.8 Å². The van der Waals surface area contributed by atoms with Gasteiger partial charge >= 0.3 is 0 Å². The molecule has 0 bridgehead atoms. The highest BCUT2D eigenvalue weighted by molar-refractivity contribution is 6.74. The van der Waals surface area contributed by atoms with Crippen LogP contribution in [0, 0.1) is 0 Å². The second kappa shape index (κ2) is 7.44. The summed E-state index contributed by atoms with van der Waals surface area (Å²) in [5.74, 6) is 0.557. The van der Waals surface area contributed by atoms with E-state index < -0.39 is 14.4 Å². The van der Waals surface area contributed by atoms with Crippen molar-refractivity contribution in [2.24, 2.45) is 0 Å². The van der Waals surface area contributed by atoms with Crippen molar-refractivity contribution in [3.63, 3.8) is 0 Å². The normalized spacial score (nSPS) is 14.2. The highest BCUT2D eigenvalue weighted by Gasteiger charge is 2.36. The molecule has 120 valence electrons. The Morgan fingerprint density at radius 2 is 2.00 bits per heavy atom. The second-order valence-electron chi connectivity index (χ2n) is 6.86. The third-order valence-corrected chi connectivity index (χ3v) is 8.56. The van der Waals surface area contributed by atoms with Gasteiger partial charge in [-0.25, -0.2) is 9.97 Å². The van der Waals surface area contributed by atoms with Crippen molar-refractivity contribution < 1.29 is 14.6 Å². The van der Waals surface area contributed by atoms with Gasteiger partial charge in [-0.3, -0.25) is 0 Å². The fourth-order valence-electron chi connectivity index (χ4n) is 1.58. The summed E-state index contributed by atoms with van der Waals surface area (Å²) in [6, 6.07) is 1.86. The molecule has 1 rings (SSSR count). The molecule has 1 aromatic rings. The van der Waals surface area contributed by atoms with Gasteiger partial charge in [0.1, 0.15) is 5.82 Å². The predicted octanol–water partition coefficient (Wildman–Crippen LogP) is 1.94. The SMILES string of the molecule is CC(C)(C)[Si](C)(C)OCCc1ccnc(CC(O)CO)n1. The molecule has 1 unspecified atom stereocenters. The Morgan fingerprint density at radius 3 is 2.57 bits per heavy atom. The molecule has 5 nitrogen and oxygen atoms in total. The topological polar surface area (TPSA) is 75.5 Å². The van der Waals surface area contributed by atoms with Crippen LogP contribution in [0.4, 0.5) is 0 Å². The van der Waals surface area contributed by atoms with Gasteiger partial charge in [0.25, 0.3) is 0 Å². The van der Waals surface area contributed by atoms with Gasteiger partial charge in [0.2, 0.25) is 0 Å². The Labute approximate surface area is 128 Å². The molecule has 0 saturated heterocycles. The number of rotatable bonds is 7. The van der Waals surface area contributed by atoms with Crippen molar-refractivity contribution in [3.8, 4) is 0 Å². The van der Waals surface area contributed by atoms with Crippen LogP contribution in [0.25, 0.3) is 0 Å². The van der Waals surface area contributed by atoms with E-state index in [9.17, 15) is 5.11 Å². The highest BCUT2D eigenvalue weighted by atomic mass is 28.4. The van der Waals surface area contributed by atoms with E-state index >= 15 is 0 Å². The second-order valence-corrected chi connectivity index (χ2v) is 11.7. The Bertz CT molecular complexity index is 447. The molecule has 0 fully saturated rings. The molecule has 2 N–H and O–H groups in total. The first kappa shape index (κ1) is 18.2. The number of hydrogen-bond donors (Lipinski definition) is 2. The van der Waals surface area contributed by atoms with E-state index in [-0.39, 0.29) is 18.1 Å². The summed E-state index contributed by atoms with van der Waals surface area (Å²) in [5.41, 5.74) is 0.906. The predicted molar refractivity (Wildman–Crippen MR) is 85.7 cm³/mol. The summed E-state index contributed by atoms with van der Waals surface area (Å²) in [6.07, 6.45) is 1.89. The van der Waals surface area contributed by atoms with Gasteiger partial charge in [-0.2, -0.15) is 0 Å². The lowest BCUT2D eigenvalue weighted by Crippen LogP contribution is -2.41. The first-order valence-corrected chi connectivity index (χ1v) is 10.3. The number of nitrogens with zero attached hydrogens (tertiary/aromatic N) is 2. The van der Waals surface area contributed by atoms with E-state index in [1.54, 1.807) is 6.20 Å². The first-order valence-electron chi connectivity index (χ1n) is 7.39. The van der Waals surface area contributed by atoms with Gasteiger partial charge in [0, 0.05) is 31.3 Å². The van der Waals surface area contributed by atoms with Crippen LogP contribution in [-0.4, -0.2) is 47.8 Å². The van der Waals surface area contributed by atoms with Gasteiger partial charge in [0.15, 0.2) is 8.32 Å². The molecule has 1 atom stereocenters. The average Bonchev–Trinajstić information content (AvgIpc) is 2.37. The molecule has 0 amide bonds. The number of aliphatic hydroxyl groups excluding tert-OH is 2. The molecule has 0 aliphatic heterocycles. The molecule has 1 aromatic heterocycles. The van der Waals surface area contributed by atoms with Gasteiger partial charge in [-0.15, -0.1) is 0 Å². The molecule has 1 heterocycles. The largest absolute Gasteiger partial charge is 0.416 e. The summed E-state index contributed by atoms with van der Waals surface area (Å²) in [4.78, 5) is 8.50. The van der Waals surface area contributed by atoms with E-state index in [1.165, 1.54) is 0 Å². The van der Waals surface area contributed by atoms with Crippen LogP contribution < -0.4 is 0 Å². The monoisotopic (exact) mass is 312 g/mol. The minimum Gasteiger partial charge on any atom is -0.416 e. The van der Waals surface area contributed by atoms with Crippen LogP contribution in [0.15, 0.2) is 12.3 Å². The standard InChI is InChI=1S/C15H28N2O3Si/c1-15(2,3)21(4,5)20-9-7-12-6-8-16-14(17-12)10-13(19)11-18/h6,8,13,18-19H,7,9-11H2,1-5H3. The van der Waals surface area contributed by atoms with Crippen molar-refractivity contribution in [3.05, 3.63) is 23.8 Å². The fraction of sp³-hybridized carbons (Fsp3) is 0.733. The van der Waals surface area contributed by atoms with Crippen LogP contribution in [0.1, 0.15) is 32.3 Å². The zero-order valence-corrected chi connectivity index (χ0v) is 14.8. The zero-order valence-electron chi connectivity index (χ0n) is 13.8. The van der Waals surface area contributed by atoms with Crippen molar-refractivity contribution in [1.29, 1.82) is 0 Å². The molecule has 6 heteroatoms. The fourth-order valence-corrected chi connectivity index (χ4v) is 2.63. The summed E-state index contributed by atoms with van der Waals surface area (Å²) >= 11 is 0. The van der Waals surface area contributed by atoms with E-state index in [0.717, 1.165) is 12.1 Å². The molecule has 21 heavy (non-hydrogen) atoms. The maximum absolute atomic E-state index is 9.43. The Kier molecular flexibility index (Phi) is 6.46. The highest BCUT2D eigenvalue weighted by Crippen LogP contribution is 2.36. The lowest BCUT2D eigenvalue weighted by molar-refractivity contribution is 0.0938. The lowest BCUT2D eigenvalue weighted by Gasteiger charge is -2.36. The molecular weight excluding hydrogens is 284 g/mol. The van der Waals surface area contributed by atoms with Crippen LogP contribution in [0.2, 0.25) is 18.1 Å². The van der Waals surface area contributed by atoms with Gasteiger partial charge in [-0.05, 0) is 24.2 Å². The van der Waals surface area contributed by atoms with E-state index in [1.807, 2.05) is 6.07 Å². The zero-order chi connectivity index (χ0) is 16.1. The summed E-state index contributed by atoms with van der Waals surface area (Å²) in [5, 5.41) is 18.5. The molecule has 0 saturated carbocycles. The smallest absolute Gasteiger partial charge is 0.191 e. The minimum atomic E-state index is -1.72. The third-order valence-electron chi connectivity index (χ3n) is 4.02. The summed E-state index contributed by atoms with van der Waals surface area (Å²) in [6.45, 7) is 11.5. The Balaban J connectivity index is 2.55. The lowest BCUT2D eigenvalue weighted by atomic mass is 10.2. The number of aromatic nitrogens is 2.